The Balaban J connectivity index is 2.18. The zero-order valence-electron chi connectivity index (χ0n) is 13.4. The molecule has 0 unspecified atom stereocenters. The van der Waals surface area contributed by atoms with Crippen LogP contribution in [0.2, 0.25) is 18.1 Å². The highest BCUT2D eigenvalue weighted by atomic mass is 79.9. The molecule has 0 spiro atoms. The summed E-state index contributed by atoms with van der Waals surface area (Å²) in [5, 5.41) is 0.220. The number of hydrogen-bond acceptors (Lipinski definition) is 1. The Kier molecular flexibility index (Phi) is 4.64. The van der Waals surface area contributed by atoms with Gasteiger partial charge in [-0.15, -0.1) is 0 Å². The summed E-state index contributed by atoms with van der Waals surface area (Å²) in [6.07, 6.45) is 0. The van der Waals surface area contributed by atoms with Gasteiger partial charge in [0.1, 0.15) is 5.75 Å². The molecule has 3 heteroatoms. The van der Waals surface area contributed by atoms with Crippen molar-refractivity contribution in [3.05, 3.63) is 53.0 Å². The first-order chi connectivity index (χ1) is 9.69. The van der Waals surface area contributed by atoms with Crippen molar-refractivity contribution in [3.8, 4) is 16.9 Å². The fraction of sp³-hybridized carbons (Fsp3) is 0.333. The molecule has 0 amide bonds. The summed E-state index contributed by atoms with van der Waals surface area (Å²) in [6, 6.07) is 16.8. The average Bonchev–Trinajstić information content (AvgIpc) is 2.39. The van der Waals surface area contributed by atoms with E-state index in [1.54, 1.807) is 0 Å². The van der Waals surface area contributed by atoms with Crippen molar-refractivity contribution in [2.75, 3.05) is 0 Å². The topological polar surface area (TPSA) is 9.23 Å². The molecule has 2 rings (SSSR count). The summed E-state index contributed by atoms with van der Waals surface area (Å²) in [5.74, 6) is 0.974. The molecule has 0 heterocycles. The van der Waals surface area contributed by atoms with Crippen molar-refractivity contribution in [3.63, 3.8) is 0 Å². The first kappa shape index (κ1) is 16.3. The van der Waals surface area contributed by atoms with Gasteiger partial charge in [-0.1, -0.05) is 61.0 Å². The van der Waals surface area contributed by atoms with E-state index in [2.05, 4.69) is 98.3 Å². The second kappa shape index (κ2) is 5.97. The average molecular weight is 363 g/mol. The minimum absolute atomic E-state index is 0.220. The van der Waals surface area contributed by atoms with Gasteiger partial charge in [-0.05, 0) is 53.5 Å². The highest BCUT2D eigenvalue weighted by molar-refractivity contribution is 9.10. The molecule has 0 saturated carbocycles. The first-order valence-electron chi connectivity index (χ1n) is 7.24. The van der Waals surface area contributed by atoms with Gasteiger partial charge in [-0.25, -0.2) is 0 Å². The van der Waals surface area contributed by atoms with Gasteiger partial charge in [0.2, 0.25) is 8.32 Å². The molecule has 0 aliphatic carbocycles. The quantitative estimate of drug-likeness (QED) is 0.566. The molecule has 112 valence electrons. The van der Waals surface area contributed by atoms with Crippen LogP contribution < -0.4 is 4.43 Å². The molecule has 2 aromatic rings. The summed E-state index contributed by atoms with van der Waals surface area (Å²) >= 11 is 3.47. The SMILES string of the molecule is CC(C)(C)[Si](C)(C)Oc1ccc(-c2ccc(Br)cc2)cc1. The minimum Gasteiger partial charge on any atom is -0.544 e. The lowest BCUT2D eigenvalue weighted by molar-refractivity contribution is 0.492. The Morgan fingerprint density at radius 3 is 1.67 bits per heavy atom. The lowest BCUT2D eigenvalue weighted by Gasteiger charge is -2.36. The monoisotopic (exact) mass is 362 g/mol. The zero-order chi connectivity index (χ0) is 15.7. The Morgan fingerprint density at radius 2 is 1.24 bits per heavy atom. The summed E-state index contributed by atoms with van der Waals surface area (Å²) in [6.45, 7) is 11.3. The predicted molar refractivity (Wildman–Crippen MR) is 97.4 cm³/mol. The van der Waals surface area contributed by atoms with Crippen LogP contribution >= 0.6 is 15.9 Å². The molecule has 0 saturated heterocycles. The molecule has 0 fully saturated rings. The third-order valence-electron chi connectivity index (χ3n) is 4.21. The molecule has 0 bridgehead atoms. The van der Waals surface area contributed by atoms with Crippen molar-refractivity contribution in [2.24, 2.45) is 0 Å². The van der Waals surface area contributed by atoms with Crippen LogP contribution in [0.25, 0.3) is 11.1 Å². The third-order valence-corrected chi connectivity index (χ3v) is 9.10. The Morgan fingerprint density at radius 1 is 0.810 bits per heavy atom. The first-order valence-corrected chi connectivity index (χ1v) is 10.9. The summed E-state index contributed by atoms with van der Waals surface area (Å²) in [7, 11) is -1.76. The van der Waals surface area contributed by atoms with Gasteiger partial charge in [0.15, 0.2) is 0 Å². The van der Waals surface area contributed by atoms with Gasteiger partial charge >= 0.3 is 0 Å². The lowest BCUT2D eigenvalue weighted by Crippen LogP contribution is -2.43. The van der Waals surface area contributed by atoms with Gasteiger partial charge < -0.3 is 4.43 Å². The van der Waals surface area contributed by atoms with E-state index in [0.717, 1.165) is 10.2 Å². The van der Waals surface area contributed by atoms with Crippen LogP contribution in [0.4, 0.5) is 0 Å². The van der Waals surface area contributed by atoms with Gasteiger partial charge in [-0.2, -0.15) is 0 Å². The van der Waals surface area contributed by atoms with E-state index in [9.17, 15) is 0 Å². The number of rotatable bonds is 3. The van der Waals surface area contributed by atoms with Crippen molar-refractivity contribution in [2.45, 2.75) is 38.9 Å². The second-order valence-electron chi connectivity index (χ2n) is 6.89. The Bertz CT molecular complexity index is 595. The molecule has 0 atom stereocenters. The summed E-state index contributed by atoms with van der Waals surface area (Å²) < 4.78 is 7.41. The maximum atomic E-state index is 6.31. The van der Waals surface area contributed by atoms with E-state index in [1.807, 2.05) is 0 Å². The normalized spacial score (nSPS) is 12.3. The Hall–Kier alpha value is -1.06. The fourth-order valence-electron chi connectivity index (χ4n) is 1.81. The van der Waals surface area contributed by atoms with Crippen LogP contribution in [0, 0.1) is 0 Å². The van der Waals surface area contributed by atoms with Crippen molar-refractivity contribution in [1.82, 2.24) is 0 Å². The fourth-order valence-corrected chi connectivity index (χ4v) is 3.10. The van der Waals surface area contributed by atoms with Gasteiger partial charge in [0, 0.05) is 4.47 Å². The smallest absolute Gasteiger partial charge is 0.250 e. The maximum Gasteiger partial charge on any atom is 0.250 e. The van der Waals surface area contributed by atoms with Crippen LogP contribution in [-0.4, -0.2) is 8.32 Å². The molecule has 1 nitrogen and oxygen atoms in total. The van der Waals surface area contributed by atoms with E-state index in [0.29, 0.717) is 0 Å². The molecule has 2 aromatic carbocycles. The van der Waals surface area contributed by atoms with E-state index in [-0.39, 0.29) is 5.04 Å². The van der Waals surface area contributed by atoms with E-state index in [1.165, 1.54) is 11.1 Å². The largest absolute Gasteiger partial charge is 0.544 e. The highest BCUT2D eigenvalue weighted by Crippen LogP contribution is 2.37. The van der Waals surface area contributed by atoms with Crippen LogP contribution in [-0.2, 0) is 0 Å². The molecule has 0 aromatic heterocycles. The van der Waals surface area contributed by atoms with Crippen molar-refractivity contribution < 1.29 is 4.43 Å². The molecule has 0 aliphatic rings. The minimum atomic E-state index is -1.76. The molecule has 0 aliphatic heterocycles. The van der Waals surface area contributed by atoms with Gasteiger partial charge in [0.25, 0.3) is 0 Å². The van der Waals surface area contributed by atoms with Crippen LogP contribution in [0.5, 0.6) is 5.75 Å². The zero-order valence-corrected chi connectivity index (χ0v) is 16.0. The van der Waals surface area contributed by atoms with Crippen LogP contribution in [0.15, 0.2) is 53.0 Å². The summed E-state index contributed by atoms with van der Waals surface area (Å²) in [5.41, 5.74) is 2.43. The molecule has 0 radical (unpaired) electrons. The van der Waals surface area contributed by atoms with E-state index in [4.69, 9.17) is 4.43 Å². The molecular weight excluding hydrogens is 340 g/mol. The second-order valence-corrected chi connectivity index (χ2v) is 12.5. The number of benzene rings is 2. The van der Waals surface area contributed by atoms with Crippen molar-refractivity contribution in [1.29, 1.82) is 0 Å². The summed E-state index contributed by atoms with van der Waals surface area (Å²) in [4.78, 5) is 0. The van der Waals surface area contributed by atoms with Crippen LogP contribution in [0.3, 0.4) is 0 Å². The molecule has 21 heavy (non-hydrogen) atoms. The number of halogens is 1. The van der Waals surface area contributed by atoms with E-state index < -0.39 is 8.32 Å². The van der Waals surface area contributed by atoms with Gasteiger partial charge in [0.05, 0.1) is 0 Å². The highest BCUT2D eigenvalue weighted by Gasteiger charge is 2.38. The van der Waals surface area contributed by atoms with Gasteiger partial charge in [-0.3, -0.25) is 0 Å². The number of hydrogen-bond donors (Lipinski definition) is 0. The van der Waals surface area contributed by atoms with Crippen molar-refractivity contribution >= 4 is 24.2 Å². The standard InChI is InChI=1S/C18H23BrOSi/c1-18(2,3)21(4,5)20-17-12-8-15(9-13-17)14-6-10-16(19)11-7-14/h6-13H,1-5H3. The van der Waals surface area contributed by atoms with Crippen LogP contribution in [0.1, 0.15) is 20.8 Å². The van der Waals surface area contributed by atoms with E-state index >= 15 is 0 Å². The Labute approximate surface area is 137 Å². The lowest BCUT2D eigenvalue weighted by atomic mass is 10.1. The molecule has 0 N–H and O–H groups in total. The maximum absolute atomic E-state index is 6.31. The third kappa shape index (κ3) is 3.98. The molecular formula is C18H23BrOSi. The predicted octanol–water partition coefficient (Wildman–Crippen LogP) is 6.50.